The van der Waals surface area contributed by atoms with Crippen molar-refractivity contribution in [1.82, 2.24) is 0 Å². The van der Waals surface area contributed by atoms with Crippen LogP contribution in [-0.4, -0.2) is 31.0 Å². The lowest BCUT2D eigenvalue weighted by molar-refractivity contribution is -0.160. The zero-order valence-corrected chi connectivity index (χ0v) is 12.1. The van der Waals surface area contributed by atoms with Crippen LogP contribution in [0, 0.1) is 11.6 Å². The summed E-state index contributed by atoms with van der Waals surface area (Å²) < 4.78 is 38.2. The number of benzene rings is 1. The summed E-state index contributed by atoms with van der Waals surface area (Å²) in [6.07, 6.45) is 3.89. The number of rotatable bonds is 3. The molecule has 120 valence electrons. The molecule has 1 aliphatic heterocycles. The Morgan fingerprint density at radius 2 is 2.14 bits per heavy atom. The number of hydrogen-bond donors (Lipinski definition) is 2. The number of nitrogens with two attached hydrogens (primary N) is 1. The maximum Gasteiger partial charge on any atom is 0.193 e. The predicted octanol–water partition coefficient (Wildman–Crippen LogP) is 2.38. The van der Waals surface area contributed by atoms with Gasteiger partial charge in [-0.2, -0.15) is 0 Å². The molecule has 1 spiro atoms. The Balaban J connectivity index is 1.55. The molecule has 0 bridgehead atoms. The summed E-state index contributed by atoms with van der Waals surface area (Å²) in [5.41, 5.74) is 5.66. The van der Waals surface area contributed by atoms with Gasteiger partial charge in [0.1, 0.15) is 17.7 Å². The smallest absolute Gasteiger partial charge is 0.193 e. The lowest BCUT2D eigenvalue weighted by Gasteiger charge is -2.21. The van der Waals surface area contributed by atoms with Gasteiger partial charge in [-0.3, -0.25) is 4.99 Å². The van der Waals surface area contributed by atoms with Crippen LogP contribution in [0.3, 0.4) is 0 Å². The van der Waals surface area contributed by atoms with E-state index in [1.165, 1.54) is 0 Å². The molecular weight excluding hydrogens is 292 g/mol. The topological polar surface area (TPSA) is 68.9 Å². The first-order valence-electron chi connectivity index (χ1n) is 7.40. The van der Waals surface area contributed by atoms with E-state index in [4.69, 9.17) is 15.2 Å². The molecule has 1 aliphatic carbocycles. The maximum atomic E-state index is 13.5. The third kappa shape index (κ3) is 3.36. The van der Waals surface area contributed by atoms with Gasteiger partial charge in [0.15, 0.2) is 11.7 Å². The number of anilines is 1. The van der Waals surface area contributed by atoms with E-state index in [1.54, 1.807) is 0 Å². The SMILES string of the molecule is NC(=NCC1COC2(CCCC2)O1)Nc1cc(F)ccc1F. The van der Waals surface area contributed by atoms with E-state index in [0.29, 0.717) is 13.2 Å². The van der Waals surface area contributed by atoms with Gasteiger partial charge in [-0.05, 0) is 25.0 Å². The minimum Gasteiger partial charge on any atom is -0.370 e. The fourth-order valence-electron chi connectivity index (χ4n) is 2.85. The molecule has 5 nitrogen and oxygen atoms in total. The average molecular weight is 311 g/mol. The number of nitrogens with zero attached hydrogens (tertiary/aromatic N) is 1. The maximum absolute atomic E-state index is 13.5. The van der Waals surface area contributed by atoms with E-state index in [2.05, 4.69) is 10.3 Å². The Hall–Kier alpha value is -1.73. The summed E-state index contributed by atoms with van der Waals surface area (Å²) in [6.45, 7) is 0.794. The molecule has 1 aromatic rings. The van der Waals surface area contributed by atoms with Crippen molar-refractivity contribution in [2.75, 3.05) is 18.5 Å². The largest absolute Gasteiger partial charge is 0.370 e. The van der Waals surface area contributed by atoms with Crippen LogP contribution in [0.5, 0.6) is 0 Å². The van der Waals surface area contributed by atoms with E-state index in [-0.39, 0.29) is 17.8 Å². The highest BCUT2D eigenvalue weighted by Crippen LogP contribution is 2.39. The summed E-state index contributed by atoms with van der Waals surface area (Å²) in [7, 11) is 0. The van der Waals surface area contributed by atoms with Gasteiger partial charge in [0.05, 0.1) is 18.8 Å². The zero-order valence-electron chi connectivity index (χ0n) is 12.1. The van der Waals surface area contributed by atoms with Gasteiger partial charge < -0.3 is 20.5 Å². The Bertz CT molecular complexity index is 574. The van der Waals surface area contributed by atoms with Crippen LogP contribution in [0.2, 0.25) is 0 Å². The van der Waals surface area contributed by atoms with Gasteiger partial charge in [-0.1, -0.05) is 0 Å². The molecule has 0 amide bonds. The summed E-state index contributed by atoms with van der Waals surface area (Å²) in [5, 5.41) is 2.55. The van der Waals surface area contributed by atoms with E-state index in [9.17, 15) is 8.78 Å². The second-order valence-electron chi connectivity index (χ2n) is 5.64. The molecule has 22 heavy (non-hydrogen) atoms. The molecule has 1 saturated heterocycles. The number of aliphatic imine (C=N–C) groups is 1. The van der Waals surface area contributed by atoms with Crippen molar-refractivity contribution in [3.63, 3.8) is 0 Å². The van der Waals surface area contributed by atoms with E-state index in [0.717, 1.165) is 43.9 Å². The molecular formula is C15H19F2N3O2. The fraction of sp³-hybridized carbons (Fsp3) is 0.533. The summed E-state index contributed by atoms with van der Waals surface area (Å²) >= 11 is 0. The van der Waals surface area contributed by atoms with Crippen molar-refractivity contribution in [1.29, 1.82) is 0 Å². The predicted molar refractivity (Wildman–Crippen MR) is 78.5 cm³/mol. The molecule has 1 aromatic carbocycles. The minimum absolute atomic E-state index is 0.0143. The fourth-order valence-corrected chi connectivity index (χ4v) is 2.85. The van der Waals surface area contributed by atoms with Gasteiger partial charge in [0.25, 0.3) is 0 Å². The molecule has 1 saturated carbocycles. The van der Waals surface area contributed by atoms with Crippen LogP contribution in [-0.2, 0) is 9.47 Å². The number of halogens is 2. The first-order valence-corrected chi connectivity index (χ1v) is 7.40. The molecule has 2 fully saturated rings. The van der Waals surface area contributed by atoms with Crippen molar-refractivity contribution in [3.8, 4) is 0 Å². The van der Waals surface area contributed by atoms with Crippen molar-refractivity contribution in [2.24, 2.45) is 10.7 Å². The zero-order chi connectivity index (χ0) is 15.6. The van der Waals surface area contributed by atoms with Crippen molar-refractivity contribution in [2.45, 2.75) is 37.6 Å². The first kappa shape index (κ1) is 15.2. The molecule has 3 N–H and O–H groups in total. The van der Waals surface area contributed by atoms with E-state index in [1.807, 2.05) is 0 Å². The van der Waals surface area contributed by atoms with Gasteiger partial charge in [-0.15, -0.1) is 0 Å². The first-order chi connectivity index (χ1) is 10.6. The van der Waals surface area contributed by atoms with Gasteiger partial charge >= 0.3 is 0 Å². The van der Waals surface area contributed by atoms with Crippen molar-refractivity contribution >= 4 is 11.6 Å². The van der Waals surface area contributed by atoms with Crippen molar-refractivity contribution in [3.05, 3.63) is 29.8 Å². The molecule has 1 heterocycles. The van der Waals surface area contributed by atoms with Crippen LogP contribution in [0.25, 0.3) is 0 Å². The Labute approximate surface area is 127 Å². The Morgan fingerprint density at radius 1 is 1.36 bits per heavy atom. The molecule has 7 heteroatoms. The number of ether oxygens (including phenoxy) is 2. The highest BCUT2D eigenvalue weighted by atomic mass is 19.1. The van der Waals surface area contributed by atoms with Gasteiger partial charge in [0.2, 0.25) is 0 Å². The summed E-state index contributed by atoms with van der Waals surface area (Å²) in [4.78, 5) is 4.12. The number of hydrogen-bond acceptors (Lipinski definition) is 3. The lowest BCUT2D eigenvalue weighted by Crippen LogP contribution is -2.28. The Kier molecular flexibility index (Phi) is 4.26. The van der Waals surface area contributed by atoms with E-state index >= 15 is 0 Å². The number of nitrogens with one attached hydrogen (secondary N) is 1. The van der Waals surface area contributed by atoms with Crippen LogP contribution >= 0.6 is 0 Å². The second kappa shape index (κ2) is 6.18. The highest BCUT2D eigenvalue weighted by molar-refractivity contribution is 5.92. The normalized spacial score (nSPS) is 24.1. The highest BCUT2D eigenvalue weighted by Gasteiger charge is 2.43. The van der Waals surface area contributed by atoms with Crippen molar-refractivity contribution < 1.29 is 18.3 Å². The van der Waals surface area contributed by atoms with Crippen LogP contribution in [0.15, 0.2) is 23.2 Å². The summed E-state index contributed by atoms with van der Waals surface area (Å²) in [6, 6.07) is 3.10. The minimum atomic E-state index is -0.593. The van der Waals surface area contributed by atoms with Crippen LogP contribution in [0.4, 0.5) is 14.5 Å². The molecule has 0 radical (unpaired) electrons. The lowest BCUT2D eigenvalue weighted by atomic mass is 10.2. The van der Waals surface area contributed by atoms with Crippen LogP contribution in [0.1, 0.15) is 25.7 Å². The van der Waals surface area contributed by atoms with E-state index < -0.39 is 17.4 Å². The number of guanidine groups is 1. The van der Waals surface area contributed by atoms with Gasteiger partial charge in [-0.25, -0.2) is 8.78 Å². The second-order valence-corrected chi connectivity index (χ2v) is 5.64. The Morgan fingerprint density at radius 3 is 2.91 bits per heavy atom. The van der Waals surface area contributed by atoms with Gasteiger partial charge in [0, 0.05) is 18.9 Å². The summed E-state index contributed by atoms with van der Waals surface area (Å²) in [5.74, 6) is -1.56. The molecule has 1 atom stereocenters. The molecule has 2 aliphatic rings. The van der Waals surface area contributed by atoms with Crippen LogP contribution < -0.4 is 11.1 Å². The molecule has 1 unspecified atom stereocenters. The third-order valence-corrected chi connectivity index (χ3v) is 3.94. The third-order valence-electron chi connectivity index (χ3n) is 3.94. The quantitative estimate of drug-likeness (QED) is 0.664. The standard InChI is InChI=1S/C15H19F2N3O2/c16-10-3-4-12(17)13(7-10)20-14(18)19-8-11-9-21-15(22-11)5-1-2-6-15/h3-4,7,11H,1-2,5-6,8-9H2,(H3,18,19,20). The monoisotopic (exact) mass is 311 g/mol. The molecule has 3 rings (SSSR count). The molecule has 0 aromatic heterocycles. The average Bonchev–Trinajstić information content (AvgIpc) is 3.11.